The quantitative estimate of drug-likeness (QED) is 0.0437. The number of aromatic nitrogens is 2. The van der Waals surface area contributed by atoms with Gasteiger partial charge in [-0.3, -0.25) is 4.79 Å². The number of ketones is 1. The van der Waals surface area contributed by atoms with E-state index in [0.717, 1.165) is 17.2 Å². The fraction of sp³-hybridized carbons (Fsp3) is 0.256. The number of rotatable bonds is 11. The van der Waals surface area contributed by atoms with E-state index in [0.29, 0.717) is 64.9 Å². The van der Waals surface area contributed by atoms with E-state index >= 15 is 0 Å². The van der Waals surface area contributed by atoms with Gasteiger partial charge in [-0.05, 0) is 84.0 Å². The molecule has 0 spiro atoms. The van der Waals surface area contributed by atoms with E-state index in [1.54, 1.807) is 48.5 Å². The number of H-pyrrole nitrogens is 2. The van der Waals surface area contributed by atoms with Crippen molar-refractivity contribution in [2.75, 3.05) is 14.2 Å². The van der Waals surface area contributed by atoms with Crippen LogP contribution >= 0.6 is 0 Å². The molecular formula is C39H37BF2N2O6. The number of aromatic amines is 2. The van der Waals surface area contributed by atoms with Gasteiger partial charge in [0.15, 0.2) is 0 Å². The monoisotopic (exact) mass is 678 g/mol. The van der Waals surface area contributed by atoms with Gasteiger partial charge in [0.1, 0.15) is 5.76 Å². The molecule has 0 aliphatic carbocycles. The zero-order valence-corrected chi connectivity index (χ0v) is 28.8. The van der Waals surface area contributed by atoms with Crippen molar-refractivity contribution in [2.45, 2.75) is 53.4 Å². The number of hydrogen-bond donors (Lipinski definition) is 2. The molecule has 11 heteroatoms. The number of hydrogen-bond acceptors (Lipinski definition) is 6. The molecule has 0 saturated carbocycles. The Morgan fingerprint density at radius 3 is 1.50 bits per heavy atom. The molecule has 0 aliphatic heterocycles. The highest BCUT2D eigenvalue weighted by Gasteiger charge is 2.27. The smallest absolute Gasteiger partial charge is 0.503 e. The lowest BCUT2D eigenvalue weighted by Gasteiger charge is -2.10. The Balaban J connectivity index is 1.82. The van der Waals surface area contributed by atoms with Crippen LogP contribution in [0.15, 0.2) is 54.6 Å². The maximum atomic E-state index is 13.9. The Kier molecular flexibility index (Phi) is 12.6. The van der Waals surface area contributed by atoms with Crippen molar-refractivity contribution in [3.8, 4) is 23.7 Å². The molecule has 50 heavy (non-hydrogen) atoms. The first-order valence-electron chi connectivity index (χ1n) is 16.2. The summed E-state index contributed by atoms with van der Waals surface area (Å²) in [5, 5.41) is 0. The normalized spacial score (nSPS) is 10.8. The summed E-state index contributed by atoms with van der Waals surface area (Å²) in [6, 6.07) is 13.5. The number of benzene rings is 2. The summed E-state index contributed by atoms with van der Waals surface area (Å²) < 4.78 is 42.5. The largest absolute Gasteiger partial charge is 0.796 e. The van der Waals surface area contributed by atoms with Crippen molar-refractivity contribution in [1.82, 2.24) is 9.97 Å². The van der Waals surface area contributed by atoms with E-state index in [-0.39, 0.29) is 22.7 Å². The van der Waals surface area contributed by atoms with Crippen molar-refractivity contribution in [2.24, 2.45) is 0 Å². The van der Waals surface area contributed by atoms with Gasteiger partial charge >= 0.3 is 19.4 Å². The zero-order chi connectivity index (χ0) is 36.4. The summed E-state index contributed by atoms with van der Waals surface area (Å²) in [5.41, 5.74) is 5.75. The molecule has 0 saturated heterocycles. The summed E-state index contributed by atoms with van der Waals surface area (Å²) in [6.45, 7) is 7.60. The topological polar surface area (TPSA) is 110 Å². The molecule has 0 unspecified atom stereocenters. The zero-order valence-electron chi connectivity index (χ0n) is 28.8. The Morgan fingerprint density at radius 1 is 0.660 bits per heavy atom. The van der Waals surface area contributed by atoms with Crippen molar-refractivity contribution >= 4 is 31.0 Å². The molecule has 4 aromatic rings. The standard InChI is InChI=1S/C39H37BF2N2O6/c1-7-26-28(9-3)36(43-32(26)21-19-24-15-11-13-17-30(24)38(46)48-5)34(45)23-35(50-40(41)42)37-29(10-4)27(8-2)33(44-37)22-20-25-16-12-14-18-31(25)39(47)49-6/h11-18,23,43-44H,7-10H2,1-6H3/b35-23-. The van der Waals surface area contributed by atoms with Crippen LogP contribution in [0.4, 0.5) is 8.63 Å². The maximum absolute atomic E-state index is 13.9. The van der Waals surface area contributed by atoms with Gasteiger partial charge in [0.05, 0.1) is 48.1 Å². The Hall–Kier alpha value is -5.81. The number of halogens is 2. The van der Waals surface area contributed by atoms with Gasteiger partial charge in [0, 0.05) is 17.2 Å². The minimum Gasteiger partial charge on any atom is -0.503 e. The highest BCUT2D eigenvalue weighted by atomic mass is 19.2. The average Bonchev–Trinajstić information content (AvgIpc) is 3.69. The van der Waals surface area contributed by atoms with Crippen LogP contribution < -0.4 is 0 Å². The third-order valence-electron chi connectivity index (χ3n) is 8.13. The van der Waals surface area contributed by atoms with Gasteiger partial charge in [0.25, 0.3) is 0 Å². The Bertz CT molecular complexity index is 2070. The van der Waals surface area contributed by atoms with Gasteiger partial charge in [-0.2, -0.15) is 0 Å². The number of ether oxygens (including phenoxy) is 2. The predicted octanol–water partition coefficient (Wildman–Crippen LogP) is 7.13. The number of carbonyl (C=O) groups excluding carboxylic acids is 3. The van der Waals surface area contributed by atoms with E-state index in [1.165, 1.54) is 14.2 Å². The van der Waals surface area contributed by atoms with Crippen LogP contribution in [-0.2, 0) is 39.8 Å². The first-order chi connectivity index (χ1) is 24.1. The predicted molar refractivity (Wildman–Crippen MR) is 188 cm³/mol. The van der Waals surface area contributed by atoms with Crippen LogP contribution in [0.5, 0.6) is 0 Å². The second-order valence-corrected chi connectivity index (χ2v) is 10.9. The highest BCUT2D eigenvalue weighted by Crippen LogP contribution is 2.29. The van der Waals surface area contributed by atoms with E-state index < -0.39 is 25.2 Å². The lowest BCUT2D eigenvalue weighted by atomic mass is 10.00. The fourth-order valence-electron chi connectivity index (χ4n) is 5.82. The van der Waals surface area contributed by atoms with Crippen LogP contribution in [0.3, 0.4) is 0 Å². The van der Waals surface area contributed by atoms with Crippen LogP contribution in [-0.4, -0.2) is 49.4 Å². The summed E-state index contributed by atoms with van der Waals surface area (Å²) in [7, 11) is -0.644. The lowest BCUT2D eigenvalue weighted by molar-refractivity contribution is 0.0591. The van der Waals surface area contributed by atoms with Gasteiger partial charge in [-0.15, -0.1) is 0 Å². The van der Waals surface area contributed by atoms with Crippen LogP contribution in [0, 0.1) is 23.7 Å². The molecule has 0 fully saturated rings. The Morgan fingerprint density at radius 2 is 1.08 bits per heavy atom. The van der Waals surface area contributed by atoms with Crippen molar-refractivity contribution in [3.05, 3.63) is 122 Å². The van der Waals surface area contributed by atoms with E-state index in [9.17, 15) is 23.0 Å². The number of methoxy groups -OCH3 is 2. The first-order valence-corrected chi connectivity index (χ1v) is 16.2. The van der Waals surface area contributed by atoms with Gasteiger partial charge in [0.2, 0.25) is 5.78 Å². The highest BCUT2D eigenvalue weighted by molar-refractivity contribution is 6.36. The second-order valence-electron chi connectivity index (χ2n) is 10.9. The first kappa shape index (κ1) is 37.0. The molecule has 2 heterocycles. The molecular weight excluding hydrogens is 641 g/mol. The summed E-state index contributed by atoms with van der Waals surface area (Å²) in [4.78, 5) is 44.7. The average molecular weight is 679 g/mol. The van der Waals surface area contributed by atoms with Crippen LogP contribution in [0.2, 0.25) is 0 Å². The molecule has 8 nitrogen and oxygen atoms in total. The Labute approximate surface area is 290 Å². The molecule has 0 bridgehead atoms. The van der Waals surface area contributed by atoms with Crippen molar-refractivity contribution in [1.29, 1.82) is 0 Å². The van der Waals surface area contributed by atoms with Crippen LogP contribution in [0.25, 0.3) is 5.76 Å². The molecule has 2 N–H and O–H groups in total. The molecule has 0 atom stereocenters. The number of nitrogens with one attached hydrogen (secondary N) is 2. The maximum Gasteiger partial charge on any atom is 0.796 e. The second kappa shape index (κ2) is 17.0. The van der Waals surface area contributed by atoms with E-state index in [4.69, 9.17) is 14.1 Å². The summed E-state index contributed by atoms with van der Waals surface area (Å²) in [6.07, 6.45) is 3.00. The number of allylic oxidation sites excluding steroid dienone is 1. The van der Waals surface area contributed by atoms with Gasteiger partial charge in [-0.1, -0.05) is 63.8 Å². The third kappa shape index (κ3) is 8.07. The minimum absolute atomic E-state index is 0.199. The molecule has 0 amide bonds. The van der Waals surface area contributed by atoms with E-state index in [1.807, 2.05) is 27.7 Å². The molecule has 2 aromatic heterocycles. The van der Waals surface area contributed by atoms with Gasteiger partial charge < -0.3 is 24.1 Å². The SMILES string of the molecule is CCc1c(C#Cc2ccccc2C(=O)OC)[nH]c(C(=O)/C=C(\OB(F)F)c2[nH]c(C#Cc3ccccc3C(=O)OC)c(CC)c2CC)c1CC. The molecule has 4 rings (SSSR count). The third-order valence-corrected chi connectivity index (χ3v) is 8.13. The van der Waals surface area contributed by atoms with Crippen LogP contribution in [0.1, 0.15) is 109 Å². The molecule has 0 radical (unpaired) electrons. The molecule has 2 aromatic carbocycles. The van der Waals surface area contributed by atoms with E-state index in [2.05, 4.69) is 33.6 Å². The van der Waals surface area contributed by atoms with Crippen molar-refractivity contribution < 1.29 is 37.1 Å². The minimum atomic E-state index is -3.22. The van der Waals surface area contributed by atoms with Crippen molar-refractivity contribution in [3.63, 3.8) is 0 Å². The lowest BCUT2D eigenvalue weighted by Crippen LogP contribution is -2.09. The van der Waals surface area contributed by atoms with Gasteiger partial charge in [-0.25, -0.2) is 18.2 Å². The molecule has 0 aliphatic rings. The number of carbonyl (C=O) groups is 3. The fourth-order valence-corrected chi connectivity index (χ4v) is 5.82. The number of esters is 2. The molecule has 256 valence electrons. The summed E-state index contributed by atoms with van der Waals surface area (Å²) in [5.74, 6) is 10.1. The summed E-state index contributed by atoms with van der Waals surface area (Å²) >= 11 is 0.